The summed E-state index contributed by atoms with van der Waals surface area (Å²) in [6.07, 6.45) is -0.0815. The van der Waals surface area contributed by atoms with Crippen LogP contribution in [-0.2, 0) is 21.4 Å². The number of ether oxygens (including phenoxy) is 1. The molecule has 1 amide bonds. The van der Waals surface area contributed by atoms with Gasteiger partial charge in [0.05, 0.1) is 4.90 Å². The highest BCUT2D eigenvalue weighted by Crippen LogP contribution is 2.20. The normalized spacial score (nSPS) is 11.1. The van der Waals surface area contributed by atoms with E-state index in [2.05, 4.69) is 26.0 Å². The molecule has 0 aliphatic rings. The monoisotopic (exact) mass is 426 g/mol. The van der Waals surface area contributed by atoms with Gasteiger partial charge in [0.1, 0.15) is 6.61 Å². The number of carbonyl (C=O) groups is 1. The number of hydrogen-bond donors (Lipinski definition) is 2. The molecule has 0 spiro atoms. The molecule has 8 heteroatoms. The molecule has 6 nitrogen and oxygen atoms in total. The summed E-state index contributed by atoms with van der Waals surface area (Å²) in [5.74, 6) is 0. The van der Waals surface area contributed by atoms with Crippen molar-refractivity contribution in [1.29, 1.82) is 0 Å². The summed E-state index contributed by atoms with van der Waals surface area (Å²) < 4.78 is 32.4. The molecule has 0 saturated carbocycles. The SMILES string of the molecule is O=C(NCCCNS(=O)(=O)c1ccccc1Br)OCc1ccccc1. The Kier molecular flexibility index (Phi) is 7.42. The van der Waals surface area contributed by atoms with Gasteiger partial charge in [0.15, 0.2) is 0 Å². The van der Waals surface area contributed by atoms with Gasteiger partial charge in [0, 0.05) is 17.6 Å². The summed E-state index contributed by atoms with van der Waals surface area (Å²) >= 11 is 3.22. The lowest BCUT2D eigenvalue weighted by Gasteiger charge is -2.09. The van der Waals surface area contributed by atoms with E-state index in [1.807, 2.05) is 30.3 Å². The van der Waals surface area contributed by atoms with E-state index in [4.69, 9.17) is 4.74 Å². The summed E-state index contributed by atoms with van der Waals surface area (Å²) in [6, 6.07) is 15.9. The lowest BCUT2D eigenvalue weighted by Crippen LogP contribution is -2.30. The molecule has 0 saturated heterocycles. The number of rotatable bonds is 8. The molecule has 134 valence electrons. The Labute approximate surface area is 155 Å². The van der Waals surface area contributed by atoms with Crippen LogP contribution < -0.4 is 10.0 Å². The maximum Gasteiger partial charge on any atom is 0.407 e. The molecule has 0 radical (unpaired) electrons. The Morgan fingerprint density at radius 2 is 1.68 bits per heavy atom. The zero-order chi connectivity index (χ0) is 18.1. The van der Waals surface area contributed by atoms with Crippen molar-refractivity contribution in [1.82, 2.24) is 10.0 Å². The number of nitrogens with one attached hydrogen (secondary N) is 2. The number of amides is 1. The molecule has 2 rings (SSSR count). The lowest BCUT2D eigenvalue weighted by atomic mass is 10.2. The van der Waals surface area contributed by atoms with Gasteiger partial charge in [-0.05, 0) is 40.0 Å². The van der Waals surface area contributed by atoms with Crippen molar-refractivity contribution in [2.75, 3.05) is 13.1 Å². The molecular weight excluding hydrogens is 408 g/mol. The van der Waals surface area contributed by atoms with Gasteiger partial charge in [-0.2, -0.15) is 0 Å². The maximum absolute atomic E-state index is 12.2. The first-order chi connectivity index (χ1) is 12.0. The molecule has 0 fully saturated rings. The molecule has 0 aromatic heterocycles. The molecule has 2 N–H and O–H groups in total. The van der Waals surface area contributed by atoms with Gasteiger partial charge in [-0.3, -0.25) is 0 Å². The van der Waals surface area contributed by atoms with E-state index < -0.39 is 16.1 Å². The van der Waals surface area contributed by atoms with Crippen molar-refractivity contribution in [2.45, 2.75) is 17.9 Å². The van der Waals surface area contributed by atoms with Crippen molar-refractivity contribution < 1.29 is 17.9 Å². The van der Waals surface area contributed by atoms with E-state index in [1.54, 1.807) is 18.2 Å². The second kappa shape index (κ2) is 9.55. The van der Waals surface area contributed by atoms with Gasteiger partial charge in [0.2, 0.25) is 10.0 Å². The van der Waals surface area contributed by atoms with Crippen molar-refractivity contribution in [2.24, 2.45) is 0 Å². The minimum Gasteiger partial charge on any atom is -0.445 e. The minimum atomic E-state index is -3.58. The largest absolute Gasteiger partial charge is 0.445 e. The highest BCUT2D eigenvalue weighted by molar-refractivity contribution is 9.10. The molecule has 0 unspecified atom stereocenters. The van der Waals surface area contributed by atoms with Crippen LogP contribution in [0, 0.1) is 0 Å². The average molecular weight is 427 g/mol. The molecular formula is C17H19BrN2O4S. The van der Waals surface area contributed by atoms with Crippen LogP contribution in [0.3, 0.4) is 0 Å². The van der Waals surface area contributed by atoms with Gasteiger partial charge in [-0.25, -0.2) is 17.9 Å². The van der Waals surface area contributed by atoms with Crippen molar-refractivity contribution >= 4 is 32.0 Å². The van der Waals surface area contributed by atoms with Crippen molar-refractivity contribution in [3.8, 4) is 0 Å². The number of hydrogen-bond acceptors (Lipinski definition) is 4. The molecule has 2 aromatic carbocycles. The lowest BCUT2D eigenvalue weighted by molar-refractivity contribution is 0.139. The number of benzene rings is 2. The van der Waals surface area contributed by atoms with E-state index in [0.717, 1.165) is 5.56 Å². The molecule has 0 aliphatic heterocycles. The number of halogens is 1. The van der Waals surface area contributed by atoms with Crippen LogP contribution >= 0.6 is 15.9 Å². The third-order valence-electron chi connectivity index (χ3n) is 3.25. The van der Waals surface area contributed by atoms with E-state index in [9.17, 15) is 13.2 Å². The predicted molar refractivity (Wildman–Crippen MR) is 98.6 cm³/mol. The first kappa shape index (κ1) is 19.4. The summed E-state index contributed by atoms with van der Waals surface area (Å²) in [6.45, 7) is 0.718. The van der Waals surface area contributed by atoms with Crippen LogP contribution in [0.1, 0.15) is 12.0 Å². The summed E-state index contributed by atoms with van der Waals surface area (Å²) in [5, 5.41) is 2.59. The van der Waals surface area contributed by atoms with E-state index >= 15 is 0 Å². The molecule has 25 heavy (non-hydrogen) atoms. The van der Waals surface area contributed by atoms with Crippen molar-refractivity contribution in [3.05, 3.63) is 64.6 Å². The van der Waals surface area contributed by atoms with Gasteiger partial charge < -0.3 is 10.1 Å². The Morgan fingerprint density at radius 1 is 1.00 bits per heavy atom. The van der Waals surface area contributed by atoms with Crippen LogP contribution in [0.2, 0.25) is 0 Å². The third-order valence-corrected chi connectivity index (χ3v) is 5.73. The maximum atomic E-state index is 12.2. The molecule has 0 aliphatic carbocycles. The van der Waals surface area contributed by atoms with Crippen LogP contribution in [-0.4, -0.2) is 27.6 Å². The van der Waals surface area contributed by atoms with Gasteiger partial charge in [-0.1, -0.05) is 42.5 Å². The fourth-order valence-corrected chi connectivity index (χ4v) is 4.08. The highest BCUT2D eigenvalue weighted by Gasteiger charge is 2.16. The molecule has 2 aromatic rings. The fraction of sp³-hybridized carbons (Fsp3) is 0.235. The van der Waals surface area contributed by atoms with Gasteiger partial charge in [-0.15, -0.1) is 0 Å². The standard InChI is InChI=1S/C17H19BrN2O4S/c18-15-9-4-5-10-16(15)25(22,23)20-12-6-11-19-17(21)24-13-14-7-2-1-3-8-14/h1-5,7-10,20H,6,11-13H2,(H,19,21). The Morgan fingerprint density at radius 3 is 2.40 bits per heavy atom. The minimum absolute atomic E-state index is 0.185. The zero-order valence-electron chi connectivity index (χ0n) is 13.4. The summed E-state index contributed by atoms with van der Waals surface area (Å²) in [7, 11) is -3.58. The average Bonchev–Trinajstić information content (AvgIpc) is 2.60. The number of carbonyl (C=O) groups excluding carboxylic acids is 1. The Balaban J connectivity index is 1.66. The first-order valence-electron chi connectivity index (χ1n) is 7.68. The Hall–Kier alpha value is -1.90. The third kappa shape index (κ3) is 6.49. The fourth-order valence-electron chi connectivity index (χ4n) is 2.00. The number of alkyl carbamates (subject to hydrolysis) is 1. The zero-order valence-corrected chi connectivity index (χ0v) is 15.8. The first-order valence-corrected chi connectivity index (χ1v) is 9.95. The summed E-state index contributed by atoms with van der Waals surface area (Å²) in [4.78, 5) is 11.7. The summed E-state index contributed by atoms with van der Waals surface area (Å²) in [5.41, 5.74) is 0.902. The van der Waals surface area contributed by atoms with Crippen LogP contribution in [0.15, 0.2) is 64.0 Å². The molecule has 0 atom stereocenters. The van der Waals surface area contributed by atoms with Gasteiger partial charge in [0.25, 0.3) is 0 Å². The predicted octanol–water partition coefficient (Wildman–Crippen LogP) is 3.04. The van der Waals surface area contributed by atoms with Crippen molar-refractivity contribution in [3.63, 3.8) is 0 Å². The smallest absolute Gasteiger partial charge is 0.407 e. The van der Waals surface area contributed by atoms with Crippen LogP contribution in [0.5, 0.6) is 0 Å². The quantitative estimate of drug-likeness (QED) is 0.635. The topological polar surface area (TPSA) is 84.5 Å². The number of sulfonamides is 1. The molecule has 0 bridgehead atoms. The van der Waals surface area contributed by atoms with Crippen LogP contribution in [0.25, 0.3) is 0 Å². The van der Waals surface area contributed by atoms with E-state index in [1.165, 1.54) is 6.07 Å². The second-order valence-electron chi connectivity index (χ2n) is 5.17. The highest BCUT2D eigenvalue weighted by atomic mass is 79.9. The van der Waals surface area contributed by atoms with Crippen LogP contribution in [0.4, 0.5) is 4.79 Å². The van der Waals surface area contributed by atoms with E-state index in [0.29, 0.717) is 17.4 Å². The Bertz CT molecular complexity index is 797. The molecule has 0 heterocycles. The second-order valence-corrected chi connectivity index (χ2v) is 7.76. The van der Waals surface area contributed by atoms with E-state index in [-0.39, 0.29) is 18.0 Å². The van der Waals surface area contributed by atoms with Gasteiger partial charge >= 0.3 is 6.09 Å².